The van der Waals surface area contributed by atoms with E-state index in [1.165, 1.54) is 12.1 Å². The van der Waals surface area contributed by atoms with Gasteiger partial charge < -0.3 is 9.47 Å². The molecule has 1 aromatic heterocycles. The van der Waals surface area contributed by atoms with E-state index in [0.29, 0.717) is 6.42 Å². The lowest BCUT2D eigenvalue weighted by Gasteiger charge is -2.24. The molecule has 1 aliphatic carbocycles. The summed E-state index contributed by atoms with van der Waals surface area (Å²) in [6.45, 7) is 0. The van der Waals surface area contributed by atoms with Crippen LogP contribution in [-0.4, -0.2) is 23.6 Å². The number of fused-ring (bicyclic) bond motifs is 1. The molecule has 1 aromatic carbocycles. The third-order valence-corrected chi connectivity index (χ3v) is 4.91. The van der Waals surface area contributed by atoms with Crippen LogP contribution in [0.3, 0.4) is 0 Å². The van der Waals surface area contributed by atoms with E-state index in [1.54, 1.807) is 12.1 Å². The summed E-state index contributed by atoms with van der Waals surface area (Å²) < 4.78 is 15.3. The van der Waals surface area contributed by atoms with Gasteiger partial charge in [0.05, 0.1) is 24.1 Å². The summed E-state index contributed by atoms with van der Waals surface area (Å²) in [5, 5.41) is 18.9. The molecule has 0 spiro atoms. The van der Waals surface area contributed by atoms with Crippen LogP contribution in [0, 0.1) is 34.4 Å². The molecule has 0 amide bonds. The topological polar surface area (TPSA) is 55.8 Å². The third kappa shape index (κ3) is 2.38. The second kappa shape index (κ2) is 6.11. The van der Waals surface area contributed by atoms with Gasteiger partial charge in [0.15, 0.2) is 0 Å². The highest BCUT2D eigenvalue weighted by molar-refractivity contribution is 5.64. The summed E-state index contributed by atoms with van der Waals surface area (Å²) in [6.07, 6.45) is 0.316. The van der Waals surface area contributed by atoms with Crippen LogP contribution in [0.4, 0.5) is 4.39 Å². The summed E-state index contributed by atoms with van der Waals surface area (Å²) in [5.74, 6) is -0.613. The second-order valence-corrected chi connectivity index (χ2v) is 6.47. The zero-order chi connectivity index (χ0) is 17.4. The van der Waals surface area contributed by atoms with Crippen molar-refractivity contribution in [2.24, 2.45) is 13.0 Å². The molecule has 0 bridgehead atoms. The highest BCUT2D eigenvalue weighted by Crippen LogP contribution is 2.50. The fraction of sp³-hybridized carbons (Fsp3) is 0.368. The van der Waals surface area contributed by atoms with Gasteiger partial charge in [-0.25, -0.2) is 4.39 Å². The van der Waals surface area contributed by atoms with E-state index in [2.05, 4.69) is 22.8 Å². The van der Waals surface area contributed by atoms with Gasteiger partial charge in [-0.05, 0) is 55.6 Å². The summed E-state index contributed by atoms with van der Waals surface area (Å²) in [5.41, 5.74) is 4.04. The van der Waals surface area contributed by atoms with Crippen molar-refractivity contribution in [2.75, 3.05) is 14.1 Å². The van der Waals surface area contributed by atoms with Gasteiger partial charge in [-0.15, -0.1) is 0 Å². The monoisotopic (exact) mass is 322 g/mol. The van der Waals surface area contributed by atoms with Gasteiger partial charge in [-0.3, -0.25) is 0 Å². The molecule has 0 radical (unpaired) electrons. The molecule has 0 saturated heterocycles. The summed E-state index contributed by atoms with van der Waals surface area (Å²) in [7, 11) is 5.87. The molecule has 4 nitrogen and oxygen atoms in total. The van der Waals surface area contributed by atoms with Crippen LogP contribution in [0.15, 0.2) is 30.3 Å². The number of nitrogens with zero attached hydrogens (tertiary/aromatic N) is 4. The maximum absolute atomic E-state index is 13.2. The van der Waals surface area contributed by atoms with Crippen molar-refractivity contribution < 1.29 is 4.39 Å². The van der Waals surface area contributed by atoms with Gasteiger partial charge in [0.1, 0.15) is 5.82 Å². The Morgan fingerprint density at radius 3 is 2.42 bits per heavy atom. The lowest BCUT2D eigenvalue weighted by Crippen LogP contribution is -2.25. The summed E-state index contributed by atoms with van der Waals surface area (Å²) >= 11 is 0. The molecule has 0 fully saturated rings. The Labute approximate surface area is 141 Å². The molecule has 122 valence electrons. The normalized spacial score (nSPS) is 22.2. The van der Waals surface area contributed by atoms with E-state index in [0.717, 1.165) is 22.5 Å². The van der Waals surface area contributed by atoms with Crippen LogP contribution in [0.5, 0.6) is 0 Å². The molecule has 3 atom stereocenters. The van der Waals surface area contributed by atoms with Crippen molar-refractivity contribution in [2.45, 2.75) is 18.4 Å². The Balaban J connectivity index is 2.16. The van der Waals surface area contributed by atoms with Crippen LogP contribution in [0.25, 0.3) is 11.3 Å². The van der Waals surface area contributed by atoms with Crippen LogP contribution in [0.2, 0.25) is 0 Å². The molecule has 24 heavy (non-hydrogen) atoms. The standard InChI is InChI=1S/C19H19FN4/c1-23(2)18-15-10-17(12-4-6-13(20)7-5-12)24(3)19(15)14(8-9-21)16(18)11-22/h4-7,10,14,16,18H,8H2,1-3H3. The van der Waals surface area contributed by atoms with Crippen LogP contribution < -0.4 is 0 Å². The molecule has 0 N–H and O–H groups in total. The zero-order valence-electron chi connectivity index (χ0n) is 14.0. The highest BCUT2D eigenvalue weighted by Gasteiger charge is 2.44. The van der Waals surface area contributed by atoms with E-state index in [1.807, 2.05) is 26.0 Å². The largest absolute Gasteiger partial charge is 0.347 e. The molecule has 2 aromatic rings. The number of nitriles is 2. The highest BCUT2D eigenvalue weighted by atomic mass is 19.1. The Hall–Kier alpha value is -2.63. The molecular formula is C19H19FN4. The zero-order valence-corrected chi connectivity index (χ0v) is 14.0. The average Bonchev–Trinajstić information content (AvgIpc) is 3.04. The minimum atomic E-state index is -0.265. The quantitative estimate of drug-likeness (QED) is 0.868. The molecule has 0 aliphatic heterocycles. The first-order valence-corrected chi connectivity index (χ1v) is 7.88. The molecule has 5 heteroatoms. The Kier molecular flexibility index (Phi) is 4.13. The second-order valence-electron chi connectivity index (χ2n) is 6.47. The van der Waals surface area contributed by atoms with Gasteiger partial charge >= 0.3 is 0 Å². The van der Waals surface area contributed by atoms with Gasteiger partial charge in [0.25, 0.3) is 0 Å². The summed E-state index contributed by atoms with van der Waals surface area (Å²) in [4.78, 5) is 2.04. The predicted molar refractivity (Wildman–Crippen MR) is 89.3 cm³/mol. The molecule has 3 rings (SSSR count). The van der Waals surface area contributed by atoms with E-state index in [-0.39, 0.29) is 23.7 Å². The van der Waals surface area contributed by atoms with Gasteiger partial charge in [0.2, 0.25) is 0 Å². The van der Waals surface area contributed by atoms with E-state index in [4.69, 9.17) is 0 Å². The van der Waals surface area contributed by atoms with E-state index >= 15 is 0 Å². The van der Waals surface area contributed by atoms with Gasteiger partial charge in [-0.2, -0.15) is 10.5 Å². The minimum absolute atomic E-state index is 0.0382. The average molecular weight is 322 g/mol. The Bertz CT molecular complexity index is 836. The first-order valence-electron chi connectivity index (χ1n) is 7.88. The van der Waals surface area contributed by atoms with Crippen molar-refractivity contribution in [3.8, 4) is 23.4 Å². The predicted octanol–water partition coefficient (Wildman–Crippen LogP) is 3.58. The first-order chi connectivity index (χ1) is 11.5. The molecule has 1 aliphatic rings. The number of aromatic nitrogens is 1. The number of halogens is 1. The fourth-order valence-corrected chi connectivity index (χ4v) is 3.90. The number of hydrogen-bond donors (Lipinski definition) is 0. The van der Waals surface area contributed by atoms with Crippen molar-refractivity contribution in [3.05, 3.63) is 47.4 Å². The summed E-state index contributed by atoms with van der Waals surface area (Å²) in [6, 6.07) is 13.1. The van der Waals surface area contributed by atoms with Crippen LogP contribution in [-0.2, 0) is 7.05 Å². The SMILES string of the molecule is CN(C)C1c2cc(-c3ccc(F)cc3)n(C)c2C(CC#N)C1C#N. The fourth-order valence-electron chi connectivity index (χ4n) is 3.90. The smallest absolute Gasteiger partial charge is 0.123 e. The van der Waals surface area contributed by atoms with Gasteiger partial charge in [0, 0.05) is 30.8 Å². The van der Waals surface area contributed by atoms with Crippen LogP contribution >= 0.6 is 0 Å². The van der Waals surface area contributed by atoms with E-state index < -0.39 is 0 Å². The number of hydrogen-bond acceptors (Lipinski definition) is 3. The maximum atomic E-state index is 13.2. The first kappa shape index (κ1) is 16.2. The van der Waals surface area contributed by atoms with Crippen LogP contribution in [0.1, 0.15) is 29.6 Å². The Morgan fingerprint density at radius 1 is 1.21 bits per heavy atom. The lowest BCUT2D eigenvalue weighted by molar-refractivity contribution is 0.246. The molecular weight excluding hydrogens is 303 g/mol. The van der Waals surface area contributed by atoms with Gasteiger partial charge in [-0.1, -0.05) is 0 Å². The minimum Gasteiger partial charge on any atom is -0.347 e. The van der Waals surface area contributed by atoms with E-state index in [9.17, 15) is 14.9 Å². The molecule has 3 unspecified atom stereocenters. The van der Waals surface area contributed by atoms with Crippen molar-refractivity contribution in [3.63, 3.8) is 0 Å². The lowest BCUT2D eigenvalue weighted by atomic mass is 9.90. The molecule has 0 saturated carbocycles. The van der Waals surface area contributed by atoms with Crippen molar-refractivity contribution in [1.82, 2.24) is 9.47 Å². The molecule has 1 heterocycles. The Morgan fingerprint density at radius 2 is 1.88 bits per heavy atom. The van der Waals surface area contributed by atoms with Crippen molar-refractivity contribution >= 4 is 0 Å². The number of benzene rings is 1. The third-order valence-electron chi connectivity index (χ3n) is 4.91. The number of rotatable bonds is 3. The maximum Gasteiger partial charge on any atom is 0.123 e. The van der Waals surface area contributed by atoms with Crippen molar-refractivity contribution in [1.29, 1.82) is 10.5 Å².